The SMILES string of the molecule is CCC(Oc1ccc(Br)cc1)C(=O)O[C@H]1C[C@H](O)C=C2C=C[C@H](C)[C@H](CC[C@@H]3C[C@@H](O)CC(=O)O3)[C@H]21. The molecular formula is C28H35BrO7. The predicted octanol–water partition coefficient (Wildman–Crippen LogP) is 4.49. The van der Waals surface area contributed by atoms with Gasteiger partial charge in [-0.1, -0.05) is 48.0 Å². The zero-order chi connectivity index (χ0) is 25.8. The third-order valence-corrected chi connectivity index (χ3v) is 7.95. The zero-order valence-corrected chi connectivity index (χ0v) is 22.3. The summed E-state index contributed by atoms with van der Waals surface area (Å²) >= 11 is 3.40. The van der Waals surface area contributed by atoms with E-state index in [1.54, 1.807) is 12.1 Å². The Morgan fingerprint density at radius 1 is 1.19 bits per heavy atom. The summed E-state index contributed by atoms with van der Waals surface area (Å²) in [5.41, 5.74) is 0.970. The first-order valence-electron chi connectivity index (χ1n) is 12.8. The van der Waals surface area contributed by atoms with E-state index in [1.165, 1.54) is 0 Å². The lowest BCUT2D eigenvalue weighted by Gasteiger charge is -2.43. The molecule has 0 aromatic heterocycles. The molecule has 36 heavy (non-hydrogen) atoms. The summed E-state index contributed by atoms with van der Waals surface area (Å²) in [6.07, 6.45) is 5.71. The second-order valence-electron chi connectivity index (χ2n) is 10.1. The molecule has 3 aliphatic rings. The normalized spacial score (nSPS) is 32.6. The molecule has 0 bridgehead atoms. The number of aliphatic hydroxyl groups is 2. The van der Waals surface area contributed by atoms with Gasteiger partial charge in [0, 0.05) is 23.2 Å². The largest absolute Gasteiger partial charge is 0.479 e. The van der Waals surface area contributed by atoms with Gasteiger partial charge >= 0.3 is 11.9 Å². The molecule has 0 spiro atoms. The number of esters is 2. The molecule has 4 rings (SSSR count). The minimum absolute atomic E-state index is 0.0470. The molecule has 1 saturated heterocycles. The fourth-order valence-corrected chi connectivity index (χ4v) is 5.87. The standard InChI is InChI=1S/C28H35BrO7/c1-3-24(34-21-8-6-18(29)7-9-21)28(33)36-25-14-19(30)12-17-5-4-16(2)23(27(17)25)11-10-22-13-20(31)15-26(32)35-22/h4-9,12,16,19-20,22-25,27,30-31H,3,10-11,13-15H2,1-2H3/t16-,19+,20+,22+,23-,24?,25-,27-/m0/s1. The molecule has 1 aliphatic heterocycles. The van der Waals surface area contributed by atoms with Crippen LogP contribution in [-0.2, 0) is 19.1 Å². The Hall–Kier alpha value is -2.16. The lowest BCUT2D eigenvalue weighted by Crippen LogP contribution is -2.44. The highest BCUT2D eigenvalue weighted by molar-refractivity contribution is 9.10. The average Bonchev–Trinajstić information content (AvgIpc) is 2.82. The topological polar surface area (TPSA) is 102 Å². The van der Waals surface area contributed by atoms with Crippen molar-refractivity contribution in [1.82, 2.24) is 0 Å². The number of ether oxygens (including phenoxy) is 3. The van der Waals surface area contributed by atoms with Crippen LogP contribution in [0, 0.1) is 17.8 Å². The maximum absolute atomic E-state index is 13.2. The number of hydrogen-bond donors (Lipinski definition) is 2. The van der Waals surface area contributed by atoms with Crippen LogP contribution >= 0.6 is 15.9 Å². The second kappa shape index (κ2) is 11.9. The van der Waals surface area contributed by atoms with Crippen LogP contribution in [0.1, 0.15) is 52.4 Å². The summed E-state index contributed by atoms with van der Waals surface area (Å²) in [6, 6.07) is 7.30. The van der Waals surface area contributed by atoms with E-state index in [2.05, 4.69) is 28.9 Å². The Bertz CT molecular complexity index is 988. The molecule has 8 atom stereocenters. The lowest BCUT2D eigenvalue weighted by molar-refractivity contribution is -0.165. The van der Waals surface area contributed by atoms with Gasteiger partial charge in [-0.05, 0) is 60.9 Å². The summed E-state index contributed by atoms with van der Waals surface area (Å²) in [5.74, 6) is 0.0592. The van der Waals surface area contributed by atoms with Gasteiger partial charge in [-0.2, -0.15) is 0 Å². The molecule has 8 heteroatoms. The molecule has 0 amide bonds. The van der Waals surface area contributed by atoms with Crippen molar-refractivity contribution in [3.8, 4) is 5.75 Å². The van der Waals surface area contributed by atoms with E-state index in [9.17, 15) is 19.8 Å². The highest BCUT2D eigenvalue weighted by Crippen LogP contribution is 2.44. The van der Waals surface area contributed by atoms with Gasteiger partial charge in [-0.15, -0.1) is 0 Å². The minimum Gasteiger partial charge on any atom is -0.479 e. The van der Waals surface area contributed by atoms with Gasteiger partial charge < -0.3 is 24.4 Å². The number of allylic oxidation sites excluding steroid dienone is 2. The van der Waals surface area contributed by atoms with Crippen LogP contribution in [0.15, 0.2) is 52.5 Å². The van der Waals surface area contributed by atoms with Crippen molar-refractivity contribution in [3.05, 3.63) is 52.5 Å². The van der Waals surface area contributed by atoms with Gasteiger partial charge in [0.05, 0.1) is 18.6 Å². The quantitative estimate of drug-likeness (QED) is 0.450. The molecule has 1 unspecified atom stereocenters. The predicted molar refractivity (Wildman–Crippen MR) is 137 cm³/mol. The van der Waals surface area contributed by atoms with Crippen LogP contribution in [0.2, 0.25) is 0 Å². The first-order valence-corrected chi connectivity index (χ1v) is 13.6. The maximum atomic E-state index is 13.2. The molecule has 1 aromatic carbocycles. The highest BCUT2D eigenvalue weighted by atomic mass is 79.9. The maximum Gasteiger partial charge on any atom is 0.347 e. The van der Waals surface area contributed by atoms with Crippen molar-refractivity contribution < 1.29 is 34.0 Å². The third kappa shape index (κ3) is 6.58. The number of halogens is 1. The van der Waals surface area contributed by atoms with Crippen molar-refractivity contribution >= 4 is 27.9 Å². The van der Waals surface area contributed by atoms with Crippen LogP contribution in [-0.4, -0.2) is 52.7 Å². The van der Waals surface area contributed by atoms with Gasteiger partial charge in [-0.25, -0.2) is 4.79 Å². The van der Waals surface area contributed by atoms with Gasteiger partial charge in [0.1, 0.15) is 18.0 Å². The van der Waals surface area contributed by atoms with Crippen molar-refractivity contribution in [2.75, 3.05) is 0 Å². The number of hydrogen-bond acceptors (Lipinski definition) is 7. The van der Waals surface area contributed by atoms with Crippen molar-refractivity contribution in [2.24, 2.45) is 17.8 Å². The molecule has 0 saturated carbocycles. The van der Waals surface area contributed by atoms with E-state index in [4.69, 9.17) is 14.2 Å². The molecule has 7 nitrogen and oxygen atoms in total. The Balaban J connectivity index is 1.47. The Morgan fingerprint density at radius 2 is 1.94 bits per heavy atom. The molecule has 1 heterocycles. The van der Waals surface area contributed by atoms with Gasteiger partial charge in [0.15, 0.2) is 6.10 Å². The fourth-order valence-electron chi connectivity index (χ4n) is 5.60. The molecular weight excluding hydrogens is 528 g/mol. The number of rotatable bonds is 8. The Kier molecular flexibility index (Phi) is 8.91. The van der Waals surface area contributed by atoms with Crippen molar-refractivity contribution in [2.45, 2.75) is 82.9 Å². The number of aliphatic hydroxyl groups excluding tert-OH is 2. The molecule has 1 aromatic rings. The Morgan fingerprint density at radius 3 is 2.64 bits per heavy atom. The average molecular weight is 563 g/mol. The molecule has 1 fully saturated rings. The van der Waals surface area contributed by atoms with E-state index in [0.717, 1.165) is 16.5 Å². The third-order valence-electron chi connectivity index (χ3n) is 7.42. The summed E-state index contributed by atoms with van der Waals surface area (Å²) < 4.78 is 18.4. The van der Waals surface area contributed by atoms with Crippen LogP contribution in [0.3, 0.4) is 0 Å². The van der Waals surface area contributed by atoms with Crippen LogP contribution in [0.5, 0.6) is 5.75 Å². The molecule has 2 N–H and O–H groups in total. The summed E-state index contributed by atoms with van der Waals surface area (Å²) in [7, 11) is 0. The Labute approximate surface area is 220 Å². The second-order valence-corrected chi connectivity index (χ2v) is 11.0. The number of benzene rings is 1. The van der Waals surface area contributed by atoms with Crippen LogP contribution in [0.25, 0.3) is 0 Å². The van der Waals surface area contributed by atoms with E-state index in [0.29, 0.717) is 31.4 Å². The van der Waals surface area contributed by atoms with E-state index < -0.39 is 30.4 Å². The first-order chi connectivity index (χ1) is 17.2. The van der Waals surface area contributed by atoms with Gasteiger partial charge in [-0.3, -0.25) is 4.79 Å². The van der Waals surface area contributed by atoms with E-state index in [-0.39, 0.29) is 36.2 Å². The van der Waals surface area contributed by atoms with Gasteiger partial charge in [0.25, 0.3) is 0 Å². The van der Waals surface area contributed by atoms with E-state index >= 15 is 0 Å². The van der Waals surface area contributed by atoms with Crippen LogP contribution < -0.4 is 4.74 Å². The molecule has 2 aliphatic carbocycles. The van der Waals surface area contributed by atoms with Crippen molar-refractivity contribution in [3.63, 3.8) is 0 Å². The van der Waals surface area contributed by atoms with Gasteiger partial charge in [0.2, 0.25) is 0 Å². The minimum atomic E-state index is -0.754. The summed E-state index contributed by atoms with van der Waals surface area (Å²) in [4.78, 5) is 25.0. The molecule has 196 valence electrons. The zero-order valence-electron chi connectivity index (χ0n) is 20.7. The van der Waals surface area contributed by atoms with Crippen LogP contribution in [0.4, 0.5) is 0 Å². The fraction of sp³-hybridized carbons (Fsp3) is 0.571. The molecule has 0 radical (unpaired) electrons. The van der Waals surface area contributed by atoms with E-state index in [1.807, 2.05) is 31.2 Å². The number of carbonyl (C=O) groups is 2. The monoisotopic (exact) mass is 562 g/mol. The first kappa shape index (κ1) is 26.9. The summed E-state index contributed by atoms with van der Waals surface area (Å²) in [6.45, 7) is 4.01. The van der Waals surface area contributed by atoms with Crippen molar-refractivity contribution in [1.29, 1.82) is 0 Å². The number of fused-ring (bicyclic) bond motifs is 1. The lowest BCUT2D eigenvalue weighted by atomic mass is 9.66. The number of cyclic esters (lactones) is 1. The smallest absolute Gasteiger partial charge is 0.347 e. The summed E-state index contributed by atoms with van der Waals surface area (Å²) in [5, 5.41) is 20.5. The number of carbonyl (C=O) groups excluding carboxylic acids is 2. The highest BCUT2D eigenvalue weighted by Gasteiger charge is 2.43.